The summed E-state index contributed by atoms with van der Waals surface area (Å²) in [4.78, 5) is 42.9. The molecule has 152 valence electrons. The van der Waals surface area contributed by atoms with Crippen LogP contribution in [0.5, 0.6) is 11.5 Å². The Kier molecular flexibility index (Phi) is 4.61. The Balaban J connectivity index is 1.50. The van der Waals surface area contributed by atoms with E-state index in [1.165, 1.54) is 34.5 Å². The zero-order chi connectivity index (χ0) is 20.7. The zero-order valence-electron chi connectivity index (χ0n) is 16.4. The van der Waals surface area contributed by atoms with Crippen molar-refractivity contribution in [2.75, 3.05) is 20.2 Å². The van der Waals surface area contributed by atoms with Gasteiger partial charge in [0.25, 0.3) is 5.56 Å². The van der Waals surface area contributed by atoms with Gasteiger partial charge in [-0.25, -0.2) is 9.78 Å². The van der Waals surface area contributed by atoms with E-state index in [2.05, 4.69) is 4.98 Å². The highest BCUT2D eigenvalue weighted by Gasteiger charge is 2.24. The van der Waals surface area contributed by atoms with Gasteiger partial charge in [0.05, 0.1) is 12.9 Å². The minimum atomic E-state index is -0.489. The first kappa shape index (κ1) is 18.8. The van der Waals surface area contributed by atoms with Crippen molar-refractivity contribution < 1.29 is 14.3 Å². The van der Waals surface area contributed by atoms with Crippen LogP contribution in [0.25, 0.3) is 11.2 Å². The monoisotopic (exact) mass is 399 g/mol. The first-order valence-electron chi connectivity index (χ1n) is 9.10. The molecule has 1 aliphatic rings. The highest BCUT2D eigenvalue weighted by Crippen LogP contribution is 2.30. The summed E-state index contributed by atoms with van der Waals surface area (Å²) in [5.41, 5.74) is -0.501. The van der Waals surface area contributed by atoms with Gasteiger partial charge in [-0.3, -0.25) is 18.7 Å². The summed E-state index contributed by atoms with van der Waals surface area (Å²) in [5, 5.41) is 0. The van der Waals surface area contributed by atoms with Crippen LogP contribution in [-0.2, 0) is 25.4 Å². The fourth-order valence-electron chi connectivity index (χ4n) is 3.34. The minimum absolute atomic E-state index is 0.0788. The summed E-state index contributed by atoms with van der Waals surface area (Å²) in [6, 6.07) is 7.38. The van der Waals surface area contributed by atoms with Crippen LogP contribution in [-0.4, -0.2) is 55.8 Å². The Morgan fingerprint density at radius 2 is 1.93 bits per heavy atom. The molecule has 1 aromatic carbocycles. The second-order valence-corrected chi connectivity index (χ2v) is 7.02. The van der Waals surface area contributed by atoms with E-state index in [9.17, 15) is 14.4 Å². The molecule has 0 spiro atoms. The van der Waals surface area contributed by atoms with Crippen LogP contribution < -0.4 is 20.7 Å². The van der Waals surface area contributed by atoms with E-state index >= 15 is 0 Å². The lowest BCUT2D eigenvalue weighted by Crippen LogP contribution is -2.43. The average molecular weight is 399 g/mol. The molecule has 0 fully saturated rings. The number of carbonyl (C=O) groups is 1. The van der Waals surface area contributed by atoms with E-state index in [1.807, 2.05) is 24.3 Å². The number of ether oxygens (including phenoxy) is 2. The van der Waals surface area contributed by atoms with Crippen molar-refractivity contribution in [1.82, 2.24) is 23.6 Å². The molecule has 1 unspecified atom stereocenters. The summed E-state index contributed by atoms with van der Waals surface area (Å²) < 4.78 is 15.3. The summed E-state index contributed by atoms with van der Waals surface area (Å²) >= 11 is 0. The topological polar surface area (TPSA) is 101 Å². The Morgan fingerprint density at radius 1 is 1.21 bits per heavy atom. The maximum Gasteiger partial charge on any atom is 0.332 e. The number of aryl methyl sites for hydroxylation is 1. The van der Waals surface area contributed by atoms with E-state index in [-0.39, 0.29) is 29.7 Å². The molecule has 0 saturated carbocycles. The Morgan fingerprint density at radius 3 is 2.69 bits per heavy atom. The van der Waals surface area contributed by atoms with E-state index in [0.717, 1.165) is 4.57 Å². The molecule has 3 heterocycles. The van der Waals surface area contributed by atoms with Crippen molar-refractivity contribution >= 4 is 17.1 Å². The SMILES string of the molecule is CN(CC1COc2ccccc2O1)C(=O)Cn1cnc2c1c(=O)n(C)c(=O)n2C. The lowest BCUT2D eigenvalue weighted by Gasteiger charge is -2.29. The molecule has 1 amide bonds. The van der Waals surface area contributed by atoms with Gasteiger partial charge < -0.3 is 18.9 Å². The normalized spacial score (nSPS) is 15.5. The Bertz CT molecular complexity index is 1210. The largest absolute Gasteiger partial charge is 0.486 e. The van der Waals surface area contributed by atoms with Gasteiger partial charge in [-0.1, -0.05) is 12.1 Å². The number of likely N-dealkylation sites (N-methyl/N-ethyl adjacent to an activating group) is 1. The molecule has 29 heavy (non-hydrogen) atoms. The van der Waals surface area contributed by atoms with Gasteiger partial charge in [0.1, 0.15) is 13.2 Å². The molecular formula is C19H21N5O5. The molecule has 1 aliphatic heterocycles. The highest BCUT2D eigenvalue weighted by molar-refractivity contribution is 5.78. The number of aromatic nitrogens is 4. The fraction of sp³-hybridized carbons (Fsp3) is 0.368. The summed E-state index contributed by atoms with van der Waals surface area (Å²) in [7, 11) is 4.60. The first-order valence-corrected chi connectivity index (χ1v) is 9.10. The minimum Gasteiger partial charge on any atom is -0.486 e. The number of hydrogen-bond donors (Lipinski definition) is 0. The molecule has 0 bridgehead atoms. The molecule has 0 N–H and O–H groups in total. The number of benzene rings is 1. The number of rotatable bonds is 4. The number of hydrogen-bond acceptors (Lipinski definition) is 6. The third kappa shape index (κ3) is 3.26. The van der Waals surface area contributed by atoms with Crippen LogP contribution in [0.3, 0.4) is 0 Å². The quantitative estimate of drug-likeness (QED) is 0.599. The maximum absolute atomic E-state index is 12.7. The maximum atomic E-state index is 12.7. The van der Waals surface area contributed by atoms with Crippen LogP contribution in [0.4, 0.5) is 0 Å². The number of para-hydroxylation sites is 2. The first-order chi connectivity index (χ1) is 13.9. The van der Waals surface area contributed by atoms with Crippen molar-refractivity contribution in [1.29, 1.82) is 0 Å². The number of fused-ring (bicyclic) bond motifs is 2. The molecule has 10 nitrogen and oxygen atoms in total. The van der Waals surface area contributed by atoms with Crippen molar-refractivity contribution in [3.05, 3.63) is 51.4 Å². The van der Waals surface area contributed by atoms with Gasteiger partial charge in [-0.2, -0.15) is 0 Å². The smallest absolute Gasteiger partial charge is 0.332 e. The number of imidazole rings is 1. The van der Waals surface area contributed by atoms with Gasteiger partial charge in [-0.15, -0.1) is 0 Å². The van der Waals surface area contributed by atoms with E-state index < -0.39 is 11.2 Å². The zero-order valence-corrected chi connectivity index (χ0v) is 16.4. The summed E-state index contributed by atoms with van der Waals surface area (Å²) in [5.74, 6) is 1.11. The van der Waals surface area contributed by atoms with Gasteiger partial charge in [0.15, 0.2) is 28.8 Å². The lowest BCUT2D eigenvalue weighted by atomic mass is 10.2. The van der Waals surface area contributed by atoms with Crippen LogP contribution in [0.1, 0.15) is 0 Å². The second-order valence-electron chi connectivity index (χ2n) is 7.02. The number of carbonyl (C=O) groups excluding carboxylic acids is 1. The Labute approximate surface area is 165 Å². The number of nitrogens with zero attached hydrogens (tertiary/aromatic N) is 5. The van der Waals surface area contributed by atoms with Crippen molar-refractivity contribution in [3.8, 4) is 11.5 Å². The van der Waals surface area contributed by atoms with Gasteiger partial charge in [0, 0.05) is 21.1 Å². The number of amides is 1. The fourth-order valence-corrected chi connectivity index (χ4v) is 3.34. The molecule has 10 heteroatoms. The molecule has 0 saturated heterocycles. The molecule has 4 rings (SSSR count). The average Bonchev–Trinajstić information content (AvgIpc) is 3.14. The second kappa shape index (κ2) is 7.12. The molecule has 1 atom stereocenters. The highest BCUT2D eigenvalue weighted by atomic mass is 16.6. The summed E-state index contributed by atoms with van der Waals surface area (Å²) in [6.07, 6.45) is 1.10. The molecule has 2 aromatic heterocycles. The van der Waals surface area contributed by atoms with Gasteiger partial charge in [-0.05, 0) is 12.1 Å². The van der Waals surface area contributed by atoms with Gasteiger partial charge in [0.2, 0.25) is 5.91 Å². The molecule has 0 aliphatic carbocycles. The van der Waals surface area contributed by atoms with Crippen LogP contribution in [0.15, 0.2) is 40.2 Å². The predicted molar refractivity (Wildman–Crippen MR) is 104 cm³/mol. The third-order valence-corrected chi connectivity index (χ3v) is 4.99. The van der Waals surface area contributed by atoms with Gasteiger partial charge >= 0.3 is 5.69 Å². The molecule has 0 radical (unpaired) electrons. The lowest BCUT2D eigenvalue weighted by molar-refractivity contribution is -0.131. The van der Waals surface area contributed by atoms with E-state index in [1.54, 1.807) is 7.05 Å². The third-order valence-electron chi connectivity index (χ3n) is 4.99. The van der Waals surface area contributed by atoms with Crippen LogP contribution >= 0.6 is 0 Å². The predicted octanol–water partition coefficient (Wildman–Crippen LogP) is -0.268. The molecule has 3 aromatic rings. The van der Waals surface area contributed by atoms with Crippen LogP contribution in [0.2, 0.25) is 0 Å². The van der Waals surface area contributed by atoms with Crippen molar-refractivity contribution in [3.63, 3.8) is 0 Å². The van der Waals surface area contributed by atoms with Crippen molar-refractivity contribution in [2.45, 2.75) is 12.6 Å². The van der Waals surface area contributed by atoms with Crippen LogP contribution in [0, 0.1) is 0 Å². The Hall–Kier alpha value is -3.56. The van der Waals surface area contributed by atoms with E-state index in [4.69, 9.17) is 9.47 Å². The summed E-state index contributed by atoms with van der Waals surface area (Å²) in [6.45, 7) is 0.589. The van der Waals surface area contributed by atoms with Crippen molar-refractivity contribution in [2.24, 2.45) is 14.1 Å². The molecular weight excluding hydrogens is 378 g/mol. The van der Waals surface area contributed by atoms with E-state index in [0.29, 0.717) is 24.7 Å². The standard InChI is InChI=1S/C19H21N5O5/c1-21(8-12-10-28-13-6-4-5-7-14(13)29-12)15(25)9-24-11-20-17-16(24)18(26)23(3)19(27)22(17)2/h4-7,11-12H,8-10H2,1-3H3.